The van der Waals surface area contributed by atoms with Crippen LogP contribution in [0.1, 0.15) is 27.2 Å². The van der Waals surface area contributed by atoms with Gasteiger partial charge in [0.1, 0.15) is 6.61 Å². The maximum absolute atomic E-state index is 13.2. The van der Waals surface area contributed by atoms with Gasteiger partial charge >= 0.3 is 19.5 Å². The summed E-state index contributed by atoms with van der Waals surface area (Å²) < 4.78 is 39.4. The van der Waals surface area contributed by atoms with Crippen molar-refractivity contribution in [1.29, 1.82) is 0 Å². The smallest absolute Gasteiger partial charge is 0.332 e. The van der Waals surface area contributed by atoms with Gasteiger partial charge in [0.15, 0.2) is 6.10 Å². The van der Waals surface area contributed by atoms with E-state index in [-0.39, 0.29) is 32.3 Å². The van der Waals surface area contributed by atoms with E-state index in [9.17, 15) is 18.9 Å². The Labute approximate surface area is 188 Å². The van der Waals surface area contributed by atoms with E-state index in [1.807, 2.05) is 0 Å². The molecule has 0 aliphatic carbocycles. The third-order valence-corrected chi connectivity index (χ3v) is 7.41. The zero-order valence-electron chi connectivity index (χ0n) is 19.3. The summed E-state index contributed by atoms with van der Waals surface area (Å²) in [5.74, 6) is -2.17. The predicted molar refractivity (Wildman–Crippen MR) is 114 cm³/mol. The molecular formula is C20H35N2O9P. The molecular weight excluding hydrogens is 443 g/mol. The number of morpholine rings is 1. The molecule has 184 valence electrons. The molecule has 2 fully saturated rings. The second kappa shape index (κ2) is 12.1. The van der Waals surface area contributed by atoms with E-state index >= 15 is 0 Å². The molecule has 1 N–H and O–H groups in total. The Kier molecular flexibility index (Phi) is 10.1. The van der Waals surface area contributed by atoms with Crippen molar-refractivity contribution in [3.8, 4) is 0 Å². The number of hydrogen-bond donors (Lipinski definition) is 1. The largest absolute Gasteiger partial charge is 0.469 e. The maximum atomic E-state index is 13.2. The molecule has 0 spiro atoms. The van der Waals surface area contributed by atoms with Crippen LogP contribution < -0.4 is 5.32 Å². The molecule has 0 aromatic heterocycles. The van der Waals surface area contributed by atoms with Crippen molar-refractivity contribution in [1.82, 2.24) is 10.2 Å². The topological polar surface area (TPSA) is 130 Å². The zero-order valence-corrected chi connectivity index (χ0v) is 20.2. The quantitative estimate of drug-likeness (QED) is 0.356. The molecule has 12 heteroatoms. The van der Waals surface area contributed by atoms with Crippen LogP contribution in [0.5, 0.6) is 0 Å². The lowest BCUT2D eigenvalue weighted by molar-refractivity contribution is -0.148. The number of nitrogens with one attached hydrogen (secondary N) is 1. The Morgan fingerprint density at radius 1 is 1.25 bits per heavy atom. The Morgan fingerprint density at radius 3 is 2.59 bits per heavy atom. The van der Waals surface area contributed by atoms with E-state index < -0.39 is 42.9 Å². The van der Waals surface area contributed by atoms with Crippen LogP contribution in [0.25, 0.3) is 0 Å². The second-order valence-corrected chi connectivity index (χ2v) is 10.7. The summed E-state index contributed by atoms with van der Waals surface area (Å²) in [7, 11) is -2.45. The lowest BCUT2D eigenvalue weighted by Gasteiger charge is -2.40. The van der Waals surface area contributed by atoms with Crippen LogP contribution in [0, 0.1) is 11.3 Å². The fraction of sp³-hybridized carbons (Fsp3) is 0.850. The summed E-state index contributed by atoms with van der Waals surface area (Å²) in [6.07, 6.45) is -1.23. The van der Waals surface area contributed by atoms with Crippen LogP contribution >= 0.6 is 7.60 Å². The van der Waals surface area contributed by atoms with E-state index in [0.29, 0.717) is 19.8 Å². The molecule has 32 heavy (non-hydrogen) atoms. The number of hydrogen-bond acceptors (Lipinski definition) is 10. The van der Waals surface area contributed by atoms with Crippen molar-refractivity contribution >= 4 is 25.4 Å². The number of ether oxygens (including phenoxy) is 3. The first-order valence-electron chi connectivity index (χ1n) is 10.8. The molecule has 11 nitrogen and oxygen atoms in total. The van der Waals surface area contributed by atoms with E-state index in [2.05, 4.69) is 15.0 Å². The summed E-state index contributed by atoms with van der Waals surface area (Å²) in [5, 5.41) is 2.60. The highest BCUT2D eigenvalue weighted by atomic mass is 31.2. The Bertz CT molecular complexity index is 709. The van der Waals surface area contributed by atoms with Crippen LogP contribution in [0.4, 0.5) is 0 Å². The summed E-state index contributed by atoms with van der Waals surface area (Å²) >= 11 is 0. The highest BCUT2D eigenvalue weighted by Gasteiger charge is 2.48. The Morgan fingerprint density at radius 2 is 1.94 bits per heavy atom. The van der Waals surface area contributed by atoms with Gasteiger partial charge in [0.25, 0.3) is 0 Å². The number of amides is 1. The average Bonchev–Trinajstić information content (AvgIpc) is 2.76. The molecule has 2 aliphatic rings. The number of methoxy groups -OCH3 is 1. The van der Waals surface area contributed by atoms with E-state index in [1.54, 1.807) is 20.8 Å². The van der Waals surface area contributed by atoms with Gasteiger partial charge in [0, 0.05) is 31.6 Å². The Hall–Kier alpha value is -1.52. The van der Waals surface area contributed by atoms with Crippen LogP contribution in [0.3, 0.4) is 0 Å². The SMILES string of the molecule is COC(=O)CCNC(=O)[C@@H]1OP(=O)(C[C@@H](C)C(=O)OCCN2CCOCC2)OCC1(C)C. The minimum atomic E-state index is -3.71. The minimum Gasteiger partial charge on any atom is -0.469 e. The van der Waals surface area contributed by atoms with Crippen molar-refractivity contribution in [2.24, 2.45) is 11.3 Å². The molecule has 2 rings (SSSR count). The standard InChI is InChI=1S/C20H35N2O9P/c1-15(19(25)29-12-9-22-7-10-28-11-8-22)13-32(26)30-14-20(2,3)17(31-32)18(24)21-6-5-16(23)27-4/h15,17H,5-14H2,1-4H3,(H,21,24)/t15-,17+,32?/m1/s1. The van der Waals surface area contributed by atoms with Gasteiger partial charge in [-0.1, -0.05) is 20.8 Å². The predicted octanol–water partition coefficient (Wildman–Crippen LogP) is 0.812. The van der Waals surface area contributed by atoms with Crippen LogP contribution in [0.15, 0.2) is 0 Å². The summed E-state index contributed by atoms with van der Waals surface area (Å²) in [5.41, 5.74) is -0.745. The fourth-order valence-corrected chi connectivity index (χ4v) is 5.61. The highest BCUT2D eigenvalue weighted by Crippen LogP contribution is 2.57. The first-order valence-corrected chi connectivity index (χ1v) is 12.5. The van der Waals surface area contributed by atoms with Gasteiger partial charge in [0.05, 0.1) is 45.4 Å². The van der Waals surface area contributed by atoms with Gasteiger partial charge in [0.2, 0.25) is 5.91 Å². The van der Waals surface area contributed by atoms with Crippen molar-refractivity contribution in [2.75, 3.05) is 65.9 Å². The summed E-state index contributed by atoms with van der Waals surface area (Å²) in [6, 6.07) is 0. The van der Waals surface area contributed by atoms with Crippen LogP contribution in [-0.2, 0) is 42.2 Å². The van der Waals surface area contributed by atoms with Crippen LogP contribution in [0.2, 0.25) is 0 Å². The molecule has 2 heterocycles. The monoisotopic (exact) mass is 478 g/mol. The molecule has 0 saturated carbocycles. The van der Waals surface area contributed by atoms with Crippen LogP contribution in [-0.4, -0.2) is 94.7 Å². The van der Waals surface area contributed by atoms with Gasteiger partial charge in [-0.05, 0) is 0 Å². The number of carbonyl (C=O) groups excluding carboxylic acids is 3. The lowest BCUT2D eigenvalue weighted by Crippen LogP contribution is -2.50. The molecule has 0 radical (unpaired) electrons. The van der Waals surface area contributed by atoms with Crippen molar-refractivity contribution < 1.29 is 42.2 Å². The third kappa shape index (κ3) is 8.12. The molecule has 0 aromatic rings. The van der Waals surface area contributed by atoms with Crippen molar-refractivity contribution in [2.45, 2.75) is 33.3 Å². The maximum Gasteiger partial charge on any atom is 0.332 e. The van der Waals surface area contributed by atoms with Gasteiger partial charge in [-0.15, -0.1) is 0 Å². The van der Waals surface area contributed by atoms with E-state index in [1.165, 1.54) is 7.11 Å². The third-order valence-electron chi connectivity index (χ3n) is 5.36. The molecule has 2 saturated heterocycles. The number of nitrogens with zero attached hydrogens (tertiary/aromatic N) is 1. The van der Waals surface area contributed by atoms with Crippen molar-refractivity contribution in [3.63, 3.8) is 0 Å². The normalized spacial score (nSPS) is 26.7. The van der Waals surface area contributed by atoms with E-state index in [0.717, 1.165) is 13.1 Å². The number of esters is 2. The first-order chi connectivity index (χ1) is 15.1. The van der Waals surface area contributed by atoms with Gasteiger partial charge in [-0.25, -0.2) is 0 Å². The van der Waals surface area contributed by atoms with Gasteiger partial charge in [-0.3, -0.25) is 28.4 Å². The first kappa shape index (κ1) is 26.7. The molecule has 2 aliphatic heterocycles. The van der Waals surface area contributed by atoms with Crippen molar-refractivity contribution in [3.05, 3.63) is 0 Å². The Balaban J connectivity index is 1.85. The fourth-order valence-electron chi connectivity index (χ4n) is 3.31. The minimum absolute atomic E-state index is 0.0108. The molecule has 3 atom stereocenters. The number of rotatable bonds is 10. The highest BCUT2D eigenvalue weighted by molar-refractivity contribution is 7.54. The average molecular weight is 478 g/mol. The molecule has 1 amide bonds. The number of carbonyl (C=O) groups is 3. The molecule has 1 unspecified atom stereocenters. The molecule has 0 bridgehead atoms. The van der Waals surface area contributed by atoms with Gasteiger partial charge < -0.3 is 24.1 Å². The lowest BCUT2D eigenvalue weighted by atomic mass is 9.87. The zero-order chi connectivity index (χ0) is 23.8. The molecule has 0 aromatic carbocycles. The van der Waals surface area contributed by atoms with E-state index in [4.69, 9.17) is 18.5 Å². The second-order valence-electron chi connectivity index (χ2n) is 8.68. The van der Waals surface area contributed by atoms with Gasteiger partial charge in [-0.2, -0.15) is 0 Å². The summed E-state index contributed by atoms with van der Waals surface area (Å²) in [4.78, 5) is 38.3. The summed E-state index contributed by atoms with van der Waals surface area (Å²) in [6.45, 7) is 8.94.